The van der Waals surface area contributed by atoms with Crippen LogP contribution in [-0.4, -0.2) is 27.6 Å². The van der Waals surface area contributed by atoms with Gasteiger partial charge in [-0.15, -0.1) is 0 Å². The summed E-state index contributed by atoms with van der Waals surface area (Å²) >= 11 is 0. The summed E-state index contributed by atoms with van der Waals surface area (Å²) in [7, 11) is 0. The highest BCUT2D eigenvalue weighted by molar-refractivity contribution is 6.37. The lowest BCUT2D eigenvalue weighted by Gasteiger charge is -2.01. The maximum Gasteiger partial charge on any atom is 0.372 e. The fourth-order valence-electron chi connectivity index (χ4n) is 1.43. The summed E-state index contributed by atoms with van der Waals surface area (Å²) in [5, 5.41) is 8.40. The molecule has 0 aliphatic rings. The minimum absolute atomic E-state index is 0.129. The molecule has 0 unspecified atom stereocenters. The van der Waals surface area contributed by atoms with Crippen molar-refractivity contribution in [2.45, 2.75) is 32.6 Å². The molecule has 0 fully saturated rings. The van der Waals surface area contributed by atoms with Crippen molar-refractivity contribution in [1.29, 1.82) is 0 Å². The van der Waals surface area contributed by atoms with E-state index in [-0.39, 0.29) is 5.69 Å². The van der Waals surface area contributed by atoms with Gasteiger partial charge in [-0.3, -0.25) is 14.6 Å². The van der Waals surface area contributed by atoms with Crippen molar-refractivity contribution in [2.24, 2.45) is 0 Å². The number of rotatable bonds is 7. The zero-order valence-corrected chi connectivity index (χ0v) is 10.2. The summed E-state index contributed by atoms with van der Waals surface area (Å²) < 4.78 is 0. The van der Waals surface area contributed by atoms with Crippen molar-refractivity contribution >= 4 is 17.5 Å². The molecule has 1 heterocycles. The number of aliphatic carboxylic acids is 1. The first-order valence-corrected chi connectivity index (χ1v) is 5.78. The summed E-state index contributed by atoms with van der Waals surface area (Å²) in [6, 6.07) is 3.31. The number of carbonyl (C=O) groups excluding carboxylic acids is 2. The topological polar surface area (TPSA) is 84.3 Å². The largest absolute Gasteiger partial charge is 0.475 e. The number of aromatic nitrogens is 1. The molecule has 0 atom stereocenters. The van der Waals surface area contributed by atoms with Crippen LogP contribution in [0.15, 0.2) is 18.3 Å². The van der Waals surface area contributed by atoms with Crippen LogP contribution in [0, 0.1) is 0 Å². The Balaban J connectivity index is 2.64. The van der Waals surface area contributed by atoms with E-state index in [1.165, 1.54) is 6.07 Å². The first kappa shape index (κ1) is 14.0. The highest BCUT2D eigenvalue weighted by Crippen LogP contribution is 2.07. The van der Waals surface area contributed by atoms with Crippen molar-refractivity contribution in [3.8, 4) is 0 Å². The third-order valence-electron chi connectivity index (χ3n) is 2.49. The smallest absolute Gasteiger partial charge is 0.372 e. The SMILES string of the molecule is CCCCc1ccc(C(=O)CC(=O)C(=O)O)nc1. The molecule has 1 aromatic rings. The van der Waals surface area contributed by atoms with Gasteiger partial charge in [0.15, 0.2) is 5.78 Å². The Morgan fingerprint density at radius 2 is 2.00 bits per heavy atom. The Hall–Kier alpha value is -2.04. The number of pyridine rings is 1. The number of carbonyl (C=O) groups is 3. The molecule has 0 bridgehead atoms. The second kappa shape index (κ2) is 6.64. The van der Waals surface area contributed by atoms with E-state index in [1.54, 1.807) is 12.3 Å². The number of hydrogen-bond acceptors (Lipinski definition) is 4. The molecule has 1 rings (SSSR count). The molecule has 0 spiro atoms. The van der Waals surface area contributed by atoms with Crippen LogP contribution in [0.25, 0.3) is 0 Å². The van der Waals surface area contributed by atoms with Gasteiger partial charge in [-0.2, -0.15) is 0 Å². The molecular weight excluding hydrogens is 234 g/mol. The van der Waals surface area contributed by atoms with Crippen LogP contribution >= 0.6 is 0 Å². The maximum atomic E-state index is 11.5. The molecule has 1 N–H and O–H groups in total. The van der Waals surface area contributed by atoms with Crippen LogP contribution in [-0.2, 0) is 16.0 Å². The number of carboxylic acids is 1. The average Bonchev–Trinajstić information content (AvgIpc) is 2.36. The molecule has 1 aromatic heterocycles. The van der Waals surface area contributed by atoms with E-state index in [9.17, 15) is 14.4 Å². The zero-order chi connectivity index (χ0) is 13.5. The molecule has 0 aliphatic carbocycles. The van der Waals surface area contributed by atoms with Gasteiger partial charge in [0, 0.05) is 6.20 Å². The van der Waals surface area contributed by atoms with Crippen LogP contribution in [0.5, 0.6) is 0 Å². The Morgan fingerprint density at radius 1 is 1.28 bits per heavy atom. The normalized spacial score (nSPS) is 10.1. The molecule has 5 heteroatoms. The zero-order valence-electron chi connectivity index (χ0n) is 10.2. The quantitative estimate of drug-likeness (QED) is 0.451. The second-order valence-electron chi connectivity index (χ2n) is 3.98. The number of Topliss-reactive ketones (excluding diaryl/α,β-unsaturated/α-hetero) is 2. The van der Waals surface area contributed by atoms with E-state index >= 15 is 0 Å². The lowest BCUT2D eigenvalue weighted by molar-refractivity contribution is -0.148. The van der Waals surface area contributed by atoms with Crippen LogP contribution in [0.2, 0.25) is 0 Å². The summed E-state index contributed by atoms with van der Waals surface area (Å²) in [6.45, 7) is 2.09. The van der Waals surface area contributed by atoms with Crippen LogP contribution in [0.4, 0.5) is 0 Å². The summed E-state index contributed by atoms with van der Waals surface area (Å²) in [4.78, 5) is 36.7. The van der Waals surface area contributed by atoms with Crippen molar-refractivity contribution in [2.75, 3.05) is 0 Å². The summed E-state index contributed by atoms with van der Waals surface area (Å²) in [6.07, 6.45) is 3.97. The van der Waals surface area contributed by atoms with Gasteiger partial charge >= 0.3 is 5.97 Å². The van der Waals surface area contributed by atoms with E-state index in [4.69, 9.17) is 5.11 Å². The minimum Gasteiger partial charge on any atom is -0.475 e. The number of aryl methyl sites for hydroxylation is 1. The minimum atomic E-state index is -1.59. The molecule has 0 aromatic carbocycles. The van der Waals surface area contributed by atoms with Gasteiger partial charge in [-0.05, 0) is 24.5 Å². The highest BCUT2D eigenvalue weighted by atomic mass is 16.4. The van der Waals surface area contributed by atoms with Crippen LogP contribution in [0.1, 0.15) is 42.2 Å². The predicted molar refractivity (Wildman–Crippen MR) is 64.4 cm³/mol. The average molecular weight is 249 g/mol. The molecule has 0 aliphatic heterocycles. The highest BCUT2D eigenvalue weighted by Gasteiger charge is 2.18. The van der Waals surface area contributed by atoms with Gasteiger partial charge in [0.1, 0.15) is 5.69 Å². The molecule has 0 radical (unpaired) electrons. The molecule has 0 saturated carbocycles. The lowest BCUT2D eigenvalue weighted by atomic mass is 10.1. The second-order valence-corrected chi connectivity index (χ2v) is 3.98. The first-order valence-electron chi connectivity index (χ1n) is 5.78. The van der Waals surface area contributed by atoms with Gasteiger partial charge in [-0.1, -0.05) is 19.4 Å². The fraction of sp³-hybridized carbons (Fsp3) is 0.385. The van der Waals surface area contributed by atoms with Gasteiger partial charge in [-0.25, -0.2) is 4.79 Å². The van der Waals surface area contributed by atoms with Gasteiger partial charge in [0.2, 0.25) is 5.78 Å². The molecule has 18 heavy (non-hydrogen) atoms. The summed E-state index contributed by atoms with van der Waals surface area (Å²) in [5.74, 6) is -3.27. The standard InChI is InChI=1S/C13H15NO4/c1-2-3-4-9-5-6-10(14-8-9)11(15)7-12(16)13(17)18/h5-6,8H,2-4,7H2,1H3,(H,17,18). The number of hydrogen-bond donors (Lipinski definition) is 1. The first-order chi connectivity index (χ1) is 8.54. The van der Waals surface area contributed by atoms with Crippen molar-refractivity contribution in [3.63, 3.8) is 0 Å². The summed E-state index contributed by atoms with van der Waals surface area (Å²) in [5.41, 5.74) is 1.16. The van der Waals surface area contributed by atoms with E-state index in [0.29, 0.717) is 0 Å². The van der Waals surface area contributed by atoms with E-state index in [1.807, 2.05) is 0 Å². The van der Waals surface area contributed by atoms with Gasteiger partial charge in [0.05, 0.1) is 6.42 Å². The maximum absolute atomic E-state index is 11.5. The fourth-order valence-corrected chi connectivity index (χ4v) is 1.43. The predicted octanol–water partition coefficient (Wildman–Crippen LogP) is 1.65. The van der Waals surface area contributed by atoms with Crippen LogP contribution < -0.4 is 0 Å². The molecular formula is C13H15NO4. The molecule has 5 nitrogen and oxygen atoms in total. The van der Waals surface area contributed by atoms with E-state index in [0.717, 1.165) is 24.8 Å². The number of nitrogens with zero attached hydrogens (tertiary/aromatic N) is 1. The van der Waals surface area contributed by atoms with Crippen molar-refractivity contribution in [1.82, 2.24) is 4.98 Å². The third kappa shape index (κ3) is 4.08. The van der Waals surface area contributed by atoms with E-state index in [2.05, 4.69) is 11.9 Å². The lowest BCUT2D eigenvalue weighted by Crippen LogP contribution is -2.17. The Morgan fingerprint density at radius 3 is 2.50 bits per heavy atom. The van der Waals surface area contributed by atoms with E-state index < -0.39 is 24.0 Å². The Labute approximate surface area is 105 Å². The molecule has 96 valence electrons. The third-order valence-corrected chi connectivity index (χ3v) is 2.49. The number of ketones is 2. The molecule has 0 saturated heterocycles. The van der Waals surface area contributed by atoms with Crippen LogP contribution in [0.3, 0.4) is 0 Å². The monoisotopic (exact) mass is 249 g/mol. The number of unbranched alkanes of at least 4 members (excludes halogenated alkanes) is 1. The number of carboxylic acid groups (broad SMARTS) is 1. The Kier molecular flexibility index (Phi) is 5.17. The van der Waals surface area contributed by atoms with Crippen molar-refractivity contribution < 1.29 is 19.5 Å². The molecule has 0 amide bonds. The Bertz CT molecular complexity index is 451. The van der Waals surface area contributed by atoms with Gasteiger partial charge < -0.3 is 5.11 Å². The van der Waals surface area contributed by atoms with Gasteiger partial charge in [0.25, 0.3) is 0 Å². The van der Waals surface area contributed by atoms with Crippen molar-refractivity contribution in [3.05, 3.63) is 29.6 Å².